The predicted octanol–water partition coefficient (Wildman–Crippen LogP) is 4.09. The van der Waals surface area contributed by atoms with Gasteiger partial charge in [0.25, 0.3) is 0 Å². The van der Waals surface area contributed by atoms with Crippen LogP contribution in [0.2, 0.25) is 0 Å². The molecule has 0 unspecified atom stereocenters. The molecule has 1 heterocycles. The summed E-state index contributed by atoms with van der Waals surface area (Å²) in [6.45, 7) is 10.5. The van der Waals surface area contributed by atoms with Gasteiger partial charge in [0.1, 0.15) is 6.73 Å². The zero-order valence-corrected chi connectivity index (χ0v) is 13.3. The van der Waals surface area contributed by atoms with Crippen LogP contribution in [-0.2, 0) is 4.74 Å². The Labute approximate surface area is 122 Å². The summed E-state index contributed by atoms with van der Waals surface area (Å²) < 4.78 is 5.21. The first-order valence-electron chi connectivity index (χ1n) is 7.35. The van der Waals surface area contributed by atoms with Gasteiger partial charge in [-0.05, 0) is 23.0 Å². The molecule has 0 N–H and O–H groups in total. The van der Waals surface area contributed by atoms with Crippen LogP contribution in [0.5, 0.6) is 0 Å². The normalized spacial score (nSPS) is 14.9. The number of methoxy groups -OCH3 is 1. The average Bonchev–Trinajstić information content (AvgIpc) is 2.86. The third-order valence-electron chi connectivity index (χ3n) is 3.72. The maximum atomic E-state index is 5.21. The fourth-order valence-corrected chi connectivity index (χ4v) is 2.70. The minimum absolute atomic E-state index is 0.522. The maximum Gasteiger partial charge on any atom is 0.119 e. The number of hydrogen-bond donors (Lipinski definition) is 0. The topological polar surface area (TPSA) is 15.7 Å². The molecular weight excluding hydrogens is 248 g/mol. The van der Waals surface area contributed by atoms with Crippen LogP contribution in [0.1, 0.15) is 50.7 Å². The Hall–Kier alpha value is -1.48. The molecule has 0 saturated heterocycles. The van der Waals surface area contributed by atoms with Gasteiger partial charge in [-0.2, -0.15) is 0 Å². The molecule has 0 bridgehead atoms. The number of ether oxygens (including phenoxy) is 1. The van der Waals surface area contributed by atoms with Crippen molar-refractivity contribution in [2.45, 2.75) is 39.5 Å². The lowest BCUT2D eigenvalue weighted by molar-refractivity contribution is 0.102. The van der Waals surface area contributed by atoms with Crippen molar-refractivity contribution >= 4 is 5.69 Å². The van der Waals surface area contributed by atoms with Gasteiger partial charge in [-0.25, -0.2) is 0 Å². The highest BCUT2D eigenvalue weighted by Gasteiger charge is 2.21. The summed E-state index contributed by atoms with van der Waals surface area (Å²) in [7, 11) is 1.73. The molecule has 0 radical (unpaired) electrons. The Morgan fingerprint density at radius 2 is 1.65 bits per heavy atom. The number of anilines is 1. The molecular formula is C17H26N2O. The van der Waals surface area contributed by atoms with E-state index in [9.17, 15) is 0 Å². The quantitative estimate of drug-likeness (QED) is 0.804. The molecule has 0 saturated carbocycles. The largest absolute Gasteiger partial charge is 0.364 e. The molecule has 0 aliphatic carbocycles. The fraction of sp³-hybridized carbons (Fsp3) is 0.529. The number of para-hydroxylation sites is 1. The molecule has 1 aromatic carbocycles. The van der Waals surface area contributed by atoms with Crippen LogP contribution in [0.25, 0.3) is 0 Å². The molecule has 1 aliphatic rings. The summed E-state index contributed by atoms with van der Waals surface area (Å²) in [5.74, 6) is 1.04. The highest BCUT2D eigenvalue weighted by molar-refractivity contribution is 5.64. The van der Waals surface area contributed by atoms with Gasteiger partial charge in [0.15, 0.2) is 0 Å². The molecule has 2 rings (SSSR count). The van der Waals surface area contributed by atoms with E-state index in [0.29, 0.717) is 18.6 Å². The van der Waals surface area contributed by atoms with Crippen molar-refractivity contribution < 1.29 is 4.74 Å². The van der Waals surface area contributed by atoms with Gasteiger partial charge >= 0.3 is 0 Å². The van der Waals surface area contributed by atoms with Crippen LogP contribution >= 0.6 is 0 Å². The number of nitrogens with zero attached hydrogens (tertiary/aromatic N) is 2. The highest BCUT2D eigenvalue weighted by Crippen LogP contribution is 2.36. The van der Waals surface area contributed by atoms with Crippen molar-refractivity contribution in [2.24, 2.45) is 0 Å². The van der Waals surface area contributed by atoms with E-state index in [2.05, 4.69) is 68.1 Å². The molecule has 3 nitrogen and oxygen atoms in total. The molecule has 0 spiro atoms. The maximum absolute atomic E-state index is 5.21. The van der Waals surface area contributed by atoms with E-state index >= 15 is 0 Å². The summed E-state index contributed by atoms with van der Waals surface area (Å²) in [4.78, 5) is 4.50. The second-order valence-electron chi connectivity index (χ2n) is 6.01. The zero-order valence-electron chi connectivity index (χ0n) is 13.3. The number of rotatable bonds is 5. The smallest absolute Gasteiger partial charge is 0.119 e. The minimum atomic E-state index is 0.522. The summed E-state index contributed by atoms with van der Waals surface area (Å²) in [5, 5.41) is 0. The Kier molecular flexibility index (Phi) is 4.71. The molecule has 0 amide bonds. The number of benzene rings is 1. The van der Waals surface area contributed by atoms with Crippen molar-refractivity contribution in [3.63, 3.8) is 0 Å². The second-order valence-corrected chi connectivity index (χ2v) is 6.01. The van der Waals surface area contributed by atoms with E-state index < -0.39 is 0 Å². The monoisotopic (exact) mass is 274 g/mol. The second kappa shape index (κ2) is 6.31. The fourth-order valence-electron chi connectivity index (χ4n) is 2.70. The van der Waals surface area contributed by atoms with Gasteiger partial charge in [-0.1, -0.05) is 45.9 Å². The first kappa shape index (κ1) is 14.9. The summed E-state index contributed by atoms with van der Waals surface area (Å²) >= 11 is 0. The summed E-state index contributed by atoms with van der Waals surface area (Å²) in [6, 6.07) is 6.68. The first-order chi connectivity index (χ1) is 9.54. The molecule has 20 heavy (non-hydrogen) atoms. The van der Waals surface area contributed by atoms with Gasteiger partial charge in [0.05, 0.1) is 6.67 Å². The summed E-state index contributed by atoms with van der Waals surface area (Å²) in [6.07, 6.45) is 4.26. The van der Waals surface area contributed by atoms with Crippen LogP contribution in [-0.4, -0.2) is 25.4 Å². The molecule has 0 atom stereocenters. The van der Waals surface area contributed by atoms with Gasteiger partial charge in [-0.15, -0.1) is 0 Å². The molecule has 1 aromatic rings. The highest BCUT2D eigenvalue weighted by atomic mass is 16.5. The van der Waals surface area contributed by atoms with Crippen molar-refractivity contribution in [3.8, 4) is 0 Å². The van der Waals surface area contributed by atoms with E-state index in [4.69, 9.17) is 4.74 Å². The van der Waals surface area contributed by atoms with Crippen LogP contribution < -0.4 is 4.90 Å². The third-order valence-corrected chi connectivity index (χ3v) is 3.72. The summed E-state index contributed by atoms with van der Waals surface area (Å²) in [5.41, 5.74) is 4.20. The van der Waals surface area contributed by atoms with E-state index in [1.54, 1.807) is 7.11 Å². The lowest BCUT2D eigenvalue weighted by atomic mass is 9.92. The van der Waals surface area contributed by atoms with Gasteiger partial charge in [0.2, 0.25) is 0 Å². The Morgan fingerprint density at radius 1 is 1.05 bits per heavy atom. The standard InChI is InChI=1S/C17H26N2O/c1-13(2)15-7-6-8-16(14(3)4)17(15)19-10-9-18(11-19)12-20-5/h6-10,13-14H,11-12H2,1-5H3. The van der Waals surface area contributed by atoms with Crippen molar-refractivity contribution in [1.82, 2.24) is 4.90 Å². The van der Waals surface area contributed by atoms with Crippen LogP contribution in [0, 0.1) is 0 Å². The van der Waals surface area contributed by atoms with Crippen molar-refractivity contribution in [1.29, 1.82) is 0 Å². The lowest BCUT2D eigenvalue weighted by Crippen LogP contribution is -2.28. The molecule has 0 fully saturated rings. The van der Waals surface area contributed by atoms with E-state index in [-0.39, 0.29) is 0 Å². The molecule has 110 valence electrons. The zero-order chi connectivity index (χ0) is 14.7. The van der Waals surface area contributed by atoms with Gasteiger partial charge in [0, 0.05) is 25.2 Å². The van der Waals surface area contributed by atoms with Crippen LogP contribution in [0.3, 0.4) is 0 Å². The predicted molar refractivity (Wildman–Crippen MR) is 84.8 cm³/mol. The van der Waals surface area contributed by atoms with E-state index in [0.717, 1.165) is 6.67 Å². The van der Waals surface area contributed by atoms with Gasteiger partial charge < -0.3 is 14.5 Å². The minimum Gasteiger partial charge on any atom is -0.364 e. The molecule has 1 aliphatic heterocycles. The number of hydrogen-bond acceptors (Lipinski definition) is 3. The molecule has 0 aromatic heterocycles. The van der Waals surface area contributed by atoms with Crippen molar-refractivity contribution in [2.75, 3.05) is 25.4 Å². The van der Waals surface area contributed by atoms with Crippen LogP contribution in [0.4, 0.5) is 5.69 Å². The Balaban J connectivity index is 2.37. The van der Waals surface area contributed by atoms with Crippen molar-refractivity contribution in [3.05, 3.63) is 41.7 Å². The third kappa shape index (κ3) is 2.98. The lowest BCUT2D eigenvalue weighted by Gasteiger charge is -2.28. The van der Waals surface area contributed by atoms with E-state index in [1.807, 2.05) is 0 Å². The average molecular weight is 274 g/mol. The SMILES string of the molecule is COCN1C=CN(c2c(C(C)C)cccc2C(C)C)C1. The Morgan fingerprint density at radius 3 is 2.15 bits per heavy atom. The molecule has 3 heteroatoms. The Bertz CT molecular complexity index is 454. The van der Waals surface area contributed by atoms with Gasteiger partial charge in [-0.3, -0.25) is 0 Å². The van der Waals surface area contributed by atoms with Crippen LogP contribution in [0.15, 0.2) is 30.6 Å². The first-order valence-corrected chi connectivity index (χ1v) is 7.35. The van der Waals surface area contributed by atoms with E-state index in [1.165, 1.54) is 16.8 Å².